The summed E-state index contributed by atoms with van der Waals surface area (Å²) in [6, 6.07) is 5.07. The Morgan fingerprint density at radius 1 is 1.40 bits per heavy atom. The molecule has 0 unspecified atom stereocenters. The lowest BCUT2D eigenvalue weighted by Gasteiger charge is -2.11. The number of nitrogen functional groups attached to an aromatic ring is 1. The van der Waals surface area contributed by atoms with E-state index in [1.165, 1.54) is 0 Å². The fourth-order valence-corrected chi connectivity index (χ4v) is 2.18. The zero-order valence-electron chi connectivity index (χ0n) is 11.9. The normalized spacial score (nSPS) is 10.6. The first kappa shape index (κ1) is 13.9. The van der Waals surface area contributed by atoms with E-state index in [0.717, 1.165) is 17.0 Å². The van der Waals surface area contributed by atoms with Gasteiger partial charge in [0.2, 0.25) is 0 Å². The predicted octanol–water partition coefficient (Wildman–Crippen LogP) is 1.33. The Labute approximate surface area is 117 Å². The lowest BCUT2D eigenvalue weighted by molar-refractivity contribution is 0.100. The number of aryl methyl sites for hydroxylation is 2. The number of nitrogens with zero attached hydrogens (tertiary/aromatic N) is 2. The van der Waals surface area contributed by atoms with Crippen LogP contribution in [0, 0.1) is 13.8 Å². The van der Waals surface area contributed by atoms with Gasteiger partial charge in [0.15, 0.2) is 0 Å². The highest BCUT2D eigenvalue weighted by molar-refractivity contribution is 5.99. The quantitative estimate of drug-likeness (QED) is 0.732. The third-order valence-electron chi connectivity index (χ3n) is 3.42. The van der Waals surface area contributed by atoms with Crippen molar-refractivity contribution >= 4 is 17.3 Å². The van der Waals surface area contributed by atoms with E-state index in [4.69, 9.17) is 11.5 Å². The van der Waals surface area contributed by atoms with Crippen molar-refractivity contribution in [1.82, 2.24) is 9.78 Å². The maximum atomic E-state index is 11.4. The number of hydrogen-bond donors (Lipinski definition) is 3. The van der Waals surface area contributed by atoms with Gasteiger partial charge in [0.1, 0.15) is 0 Å². The highest BCUT2D eigenvalue weighted by atomic mass is 16.1. The second-order valence-electron chi connectivity index (χ2n) is 4.80. The van der Waals surface area contributed by atoms with Gasteiger partial charge in [0.05, 0.1) is 11.3 Å². The number of rotatable bonds is 4. The van der Waals surface area contributed by atoms with Gasteiger partial charge in [-0.15, -0.1) is 0 Å². The van der Waals surface area contributed by atoms with Crippen molar-refractivity contribution in [3.05, 3.63) is 40.7 Å². The number of carbonyl (C=O) groups is 1. The highest BCUT2D eigenvalue weighted by Gasteiger charge is 2.12. The molecule has 1 aromatic heterocycles. The summed E-state index contributed by atoms with van der Waals surface area (Å²) in [5.41, 5.74) is 15.8. The Hall–Kier alpha value is -2.50. The van der Waals surface area contributed by atoms with Crippen molar-refractivity contribution in [1.29, 1.82) is 0 Å². The standard InChI is InChI=1S/C14H19N5O/c1-8-12(9(2)19(3)18-8)7-17-13-5-4-10(15)6-11(13)14(16)20/h4-6,17H,7,15H2,1-3H3,(H2,16,20). The molecule has 0 fully saturated rings. The van der Waals surface area contributed by atoms with Crippen LogP contribution in [0.25, 0.3) is 0 Å². The minimum absolute atomic E-state index is 0.393. The number of primary amides is 1. The van der Waals surface area contributed by atoms with Gasteiger partial charge in [0, 0.05) is 36.2 Å². The molecule has 6 nitrogen and oxygen atoms in total. The van der Waals surface area contributed by atoms with E-state index in [0.29, 0.717) is 23.5 Å². The van der Waals surface area contributed by atoms with Crippen LogP contribution in [-0.2, 0) is 13.6 Å². The summed E-state index contributed by atoms with van der Waals surface area (Å²) in [5.74, 6) is -0.501. The molecule has 6 heteroatoms. The second kappa shape index (κ2) is 5.24. The van der Waals surface area contributed by atoms with E-state index in [1.807, 2.05) is 25.6 Å². The molecule has 5 N–H and O–H groups in total. The highest BCUT2D eigenvalue weighted by Crippen LogP contribution is 2.20. The van der Waals surface area contributed by atoms with Crippen LogP contribution in [0.2, 0.25) is 0 Å². The van der Waals surface area contributed by atoms with E-state index in [2.05, 4.69) is 10.4 Å². The molecule has 106 valence electrons. The maximum Gasteiger partial charge on any atom is 0.250 e. The van der Waals surface area contributed by atoms with E-state index in [9.17, 15) is 4.79 Å². The summed E-state index contributed by atoms with van der Waals surface area (Å²) in [7, 11) is 1.91. The molecule has 0 aliphatic rings. The van der Waals surface area contributed by atoms with Gasteiger partial charge in [-0.1, -0.05) is 0 Å². The van der Waals surface area contributed by atoms with Gasteiger partial charge in [-0.3, -0.25) is 9.48 Å². The summed E-state index contributed by atoms with van der Waals surface area (Å²) in [6.45, 7) is 4.55. The lowest BCUT2D eigenvalue weighted by atomic mass is 10.1. The number of hydrogen-bond acceptors (Lipinski definition) is 4. The van der Waals surface area contributed by atoms with Crippen molar-refractivity contribution in [2.45, 2.75) is 20.4 Å². The van der Waals surface area contributed by atoms with Crippen LogP contribution in [0.4, 0.5) is 11.4 Å². The van der Waals surface area contributed by atoms with Crippen molar-refractivity contribution < 1.29 is 4.79 Å². The third-order valence-corrected chi connectivity index (χ3v) is 3.42. The number of nitrogens with two attached hydrogens (primary N) is 2. The van der Waals surface area contributed by atoms with Crippen LogP contribution in [0.3, 0.4) is 0 Å². The van der Waals surface area contributed by atoms with Crippen LogP contribution in [-0.4, -0.2) is 15.7 Å². The van der Waals surface area contributed by atoms with E-state index in [-0.39, 0.29) is 0 Å². The van der Waals surface area contributed by atoms with Crippen LogP contribution in [0.5, 0.6) is 0 Å². The minimum Gasteiger partial charge on any atom is -0.399 e. The fraction of sp³-hybridized carbons (Fsp3) is 0.286. The predicted molar refractivity (Wildman–Crippen MR) is 79.4 cm³/mol. The van der Waals surface area contributed by atoms with Crippen LogP contribution < -0.4 is 16.8 Å². The SMILES string of the molecule is Cc1nn(C)c(C)c1CNc1ccc(N)cc1C(N)=O. The number of carbonyl (C=O) groups excluding carboxylic acids is 1. The maximum absolute atomic E-state index is 11.4. The summed E-state index contributed by atoms with van der Waals surface area (Å²) in [5, 5.41) is 7.58. The molecule has 1 aromatic carbocycles. The zero-order valence-corrected chi connectivity index (χ0v) is 11.9. The minimum atomic E-state index is -0.501. The fourth-order valence-electron chi connectivity index (χ4n) is 2.18. The Kier molecular flexibility index (Phi) is 3.65. The summed E-state index contributed by atoms with van der Waals surface area (Å²) < 4.78 is 1.84. The monoisotopic (exact) mass is 273 g/mol. The van der Waals surface area contributed by atoms with Crippen LogP contribution in [0.1, 0.15) is 27.3 Å². The van der Waals surface area contributed by atoms with Crippen molar-refractivity contribution in [3.8, 4) is 0 Å². The Morgan fingerprint density at radius 3 is 2.65 bits per heavy atom. The molecule has 0 aliphatic carbocycles. The Balaban J connectivity index is 2.25. The van der Waals surface area contributed by atoms with Crippen molar-refractivity contribution in [3.63, 3.8) is 0 Å². The third kappa shape index (κ3) is 2.59. The van der Waals surface area contributed by atoms with E-state index < -0.39 is 5.91 Å². The first-order chi connectivity index (χ1) is 9.40. The van der Waals surface area contributed by atoms with E-state index in [1.54, 1.807) is 18.2 Å². The molecule has 2 aromatic rings. The first-order valence-electron chi connectivity index (χ1n) is 6.32. The van der Waals surface area contributed by atoms with Gasteiger partial charge in [0.25, 0.3) is 5.91 Å². The lowest BCUT2D eigenvalue weighted by Crippen LogP contribution is -2.15. The molecule has 0 saturated heterocycles. The smallest absolute Gasteiger partial charge is 0.250 e. The number of benzene rings is 1. The average Bonchev–Trinajstić information content (AvgIpc) is 2.62. The Bertz CT molecular complexity index is 660. The largest absolute Gasteiger partial charge is 0.399 e. The molecule has 0 radical (unpaired) electrons. The Morgan fingerprint density at radius 2 is 2.10 bits per heavy atom. The topological polar surface area (TPSA) is 99.0 Å². The van der Waals surface area contributed by atoms with E-state index >= 15 is 0 Å². The number of anilines is 2. The molecule has 20 heavy (non-hydrogen) atoms. The molecule has 0 saturated carbocycles. The molecule has 1 heterocycles. The van der Waals surface area contributed by atoms with Gasteiger partial charge in [-0.2, -0.15) is 5.10 Å². The summed E-state index contributed by atoms with van der Waals surface area (Å²) >= 11 is 0. The number of nitrogens with one attached hydrogen (secondary N) is 1. The molecule has 1 amide bonds. The van der Waals surface area contributed by atoms with Crippen molar-refractivity contribution in [2.24, 2.45) is 12.8 Å². The van der Waals surface area contributed by atoms with Gasteiger partial charge in [-0.05, 0) is 32.0 Å². The second-order valence-corrected chi connectivity index (χ2v) is 4.80. The molecule has 0 aliphatic heterocycles. The van der Waals surface area contributed by atoms with Crippen molar-refractivity contribution in [2.75, 3.05) is 11.1 Å². The average molecular weight is 273 g/mol. The number of amides is 1. The first-order valence-corrected chi connectivity index (χ1v) is 6.32. The molecule has 0 atom stereocenters. The number of aromatic nitrogens is 2. The van der Waals surface area contributed by atoms with Gasteiger partial charge >= 0.3 is 0 Å². The summed E-state index contributed by atoms with van der Waals surface area (Å²) in [6.07, 6.45) is 0. The molecule has 0 spiro atoms. The van der Waals surface area contributed by atoms with Gasteiger partial charge < -0.3 is 16.8 Å². The van der Waals surface area contributed by atoms with Crippen LogP contribution >= 0.6 is 0 Å². The summed E-state index contributed by atoms with van der Waals surface area (Å²) in [4.78, 5) is 11.4. The molecular formula is C14H19N5O. The molecule has 0 bridgehead atoms. The zero-order chi connectivity index (χ0) is 14.9. The molecule has 2 rings (SSSR count). The molecular weight excluding hydrogens is 254 g/mol. The van der Waals surface area contributed by atoms with Gasteiger partial charge in [-0.25, -0.2) is 0 Å². The van der Waals surface area contributed by atoms with Crippen LogP contribution in [0.15, 0.2) is 18.2 Å².